The number of rotatable bonds is 4. The molecule has 0 N–H and O–H groups in total. The second-order valence-corrected chi connectivity index (χ2v) is 12.6. The van der Waals surface area contributed by atoms with Gasteiger partial charge in [-0.3, -0.25) is 0 Å². The van der Waals surface area contributed by atoms with E-state index in [4.69, 9.17) is 0 Å². The van der Waals surface area contributed by atoms with Crippen LogP contribution in [0.5, 0.6) is 0 Å². The third kappa shape index (κ3) is 4.00. The zero-order chi connectivity index (χ0) is 31.6. The molecule has 0 unspecified atom stereocenters. The summed E-state index contributed by atoms with van der Waals surface area (Å²) in [6, 6.07) is 66.2. The first-order valence-electron chi connectivity index (χ1n) is 16.5. The Morgan fingerprint density at radius 2 is 0.854 bits per heavy atom. The van der Waals surface area contributed by atoms with Crippen LogP contribution in [0.15, 0.2) is 182 Å². The molecule has 0 aliphatic rings. The van der Waals surface area contributed by atoms with E-state index in [1.165, 1.54) is 76.6 Å². The maximum absolute atomic E-state index is 2.50. The van der Waals surface area contributed by atoms with Crippen LogP contribution in [0.25, 0.3) is 88.0 Å². The highest BCUT2D eigenvalue weighted by Gasteiger charge is 2.22. The van der Waals surface area contributed by atoms with Crippen molar-refractivity contribution >= 4 is 54.4 Å². The molecule has 0 spiro atoms. The second kappa shape index (κ2) is 10.6. The van der Waals surface area contributed by atoms with E-state index in [0.29, 0.717) is 0 Å². The van der Waals surface area contributed by atoms with E-state index in [1.807, 2.05) is 0 Å². The summed E-state index contributed by atoms with van der Waals surface area (Å²) in [5.74, 6) is 0. The zero-order valence-electron chi connectivity index (χ0n) is 26.2. The topological polar surface area (TPSA) is 9.86 Å². The summed E-state index contributed by atoms with van der Waals surface area (Å²) in [5, 5.41) is 7.54. The molecule has 0 saturated carbocycles. The van der Waals surface area contributed by atoms with Crippen LogP contribution in [0.1, 0.15) is 0 Å². The fourth-order valence-electron chi connectivity index (χ4n) is 7.77. The van der Waals surface area contributed by atoms with Crippen molar-refractivity contribution in [1.29, 1.82) is 0 Å². The van der Waals surface area contributed by atoms with Crippen LogP contribution in [0.3, 0.4) is 0 Å². The minimum Gasteiger partial charge on any atom is -0.309 e. The van der Waals surface area contributed by atoms with Gasteiger partial charge < -0.3 is 9.13 Å². The SMILES string of the molecule is c1ccc(-c2cc(-c3ccccc3)cc(-n3c4ccccc4c4c3ccc3c5ccc6ccccc6c5n(-c5ccccc5)c34)c2)cc1. The van der Waals surface area contributed by atoms with Gasteiger partial charge in [-0.05, 0) is 70.1 Å². The first kappa shape index (κ1) is 26.8. The van der Waals surface area contributed by atoms with Gasteiger partial charge in [-0.1, -0.05) is 140 Å². The number of hydrogen-bond acceptors (Lipinski definition) is 0. The average Bonchev–Trinajstić information content (AvgIpc) is 3.69. The fraction of sp³-hybridized carbons (Fsp3) is 0. The van der Waals surface area contributed by atoms with Gasteiger partial charge in [0.1, 0.15) is 0 Å². The predicted octanol–water partition coefficient (Wildman–Crippen LogP) is 12.4. The molecule has 10 aromatic rings. The third-order valence-electron chi connectivity index (χ3n) is 9.85. The van der Waals surface area contributed by atoms with E-state index in [2.05, 4.69) is 191 Å². The molecule has 48 heavy (non-hydrogen) atoms. The van der Waals surface area contributed by atoms with Crippen LogP contribution < -0.4 is 0 Å². The zero-order valence-corrected chi connectivity index (χ0v) is 26.2. The highest BCUT2D eigenvalue weighted by atomic mass is 15.0. The lowest BCUT2D eigenvalue weighted by molar-refractivity contribution is 1.18. The fourth-order valence-corrected chi connectivity index (χ4v) is 7.77. The summed E-state index contributed by atoms with van der Waals surface area (Å²) in [6.07, 6.45) is 0. The highest BCUT2D eigenvalue weighted by Crippen LogP contribution is 2.44. The van der Waals surface area contributed by atoms with Gasteiger partial charge >= 0.3 is 0 Å². The molecule has 2 nitrogen and oxygen atoms in total. The molecule has 0 bridgehead atoms. The van der Waals surface area contributed by atoms with E-state index in [9.17, 15) is 0 Å². The molecule has 2 aromatic heterocycles. The lowest BCUT2D eigenvalue weighted by Crippen LogP contribution is -1.97. The molecule has 0 aliphatic carbocycles. The van der Waals surface area contributed by atoms with E-state index in [-0.39, 0.29) is 0 Å². The second-order valence-electron chi connectivity index (χ2n) is 12.6. The van der Waals surface area contributed by atoms with Crippen LogP contribution >= 0.6 is 0 Å². The summed E-state index contributed by atoms with van der Waals surface area (Å²) in [5.41, 5.74) is 12.0. The van der Waals surface area contributed by atoms with Gasteiger partial charge in [0.05, 0.1) is 22.1 Å². The smallest absolute Gasteiger partial charge is 0.0641 e. The van der Waals surface area contributed by atoms with Crippen molar-refractivity contribution in [3.05, 3.63) is 182 Å². The van der Waals surface area contributed by atoms with Gasteiger partial charge in [-0.15, -0.1) is 0 Å². The van der Waals surface area contributed by atoms with Crippen LogP contribution in [0.2, 0.25) is 0 Å². The van der Waals surface area contributed by atoms with Crippen molar-refractivity contribution in [2.24, 2.45) is 0 Å². The normalized spacial score (nSPS) is 11.8. The molecule has 0 aliphatic heterocycles. The Bertz CT molecular complexity index is 2750. The summed E-state index contributed by atoms with van der Waals surface area (Å²) in [6.45, 7) is 0. The van der Waals surface area contributed by atoms with Gasteiger partial charge in [0.15, 0.2) is 0 Å². The molecular formula is C46H30N2. The molecule has 0 radical (unpaired) electrons. The molecule has 224 valence electrons. The third-order valence-corrected chi connectivity index (χ3v) is 9.85. The molecule has 8 aromatic carbocycles. The summed E-state index contributed by atoms with van der Waals surface area (Å²) >= 11 is 0. The van der Waals surface area contributed by atoms with Gasteiger partial charge in [0.2, 0.25) is 0 Å². The summed E-state index contributed by atoms with van der Waals surface area (Å²) in [4.78, 5) is 0. The van der Waals surface area contributed by atoms with Crippen molar-refractivity contribution < 1.29 is 0 Å². The monoisotopic (exact) mass is 610 g/mol. The van der Waals surface area contributed by atoms with Crippen LogP contribution in [0, 0.1) is 0 Å². The first-order valence-corrected chi connectivity index (χ1v) is 16.5. The average molecular weight is 611 g/mol. The Balaban J connectivity index is 1.37. The molecule has 2 heteroatoms. The molecule has 2 heterocycles. The molecule has 10 rings (SSSR count). The van der Waals surface area contributed by atoms with E-state index in [1.54, 1.807) is 0 Å². The van der Waals surface area contributed by atoms with Crippen LogP contribution in [-0.4, -0.2) is 9.13 Å². The molecular weight excluding hydrogens is 581 g/mol. The largest absolute Gasteiger partial charge is 0.309 e. The molecule has 0 saturated heterocycles. The molecule has 0 atom stereocenters. The minimum absolute atomic E-state index is 1.15. The van der Waals surface area contributed by atoms with Crippen molar-refractivity contribution in [3.8, 4) is 33.6 Å². The van der Waals surface area contributed by atoms with Gasteiger partial charge in [0.25, 0.3) is 0 Å². The van der Waals surface area contributed by atoms with Gasteiger partial charge in [-0.25, -0.2) is 0 Å². The number of para-hydroxylation sites is 2. The number of fused-ring (bicyclic) bond motifs is 9. The van der Waals surface area contributed by atoms with Gasteiger partial charge in [-0.2, -0.15) is 0 Å². The first-order chi connectivity index (χ1) is 23.8. The van der Waals surface area contributed by atoms with Crippen molar-refractivity contribution in [3.63, 3.8) is 0 Å². The van der Waals surface area contributed by atoms with Crippen molar-refractivity contribution in [2.45, 2.75) is 0 Å². The number of aromatic nitrogens is 2. The maximum Gasteiger partial charge on any atom is 0.0641 e. The Labute approximate surface area is 278 Å². The van der Waals surface area contributed by atoms with Crippen LogP contribution in [0.4, 0.5) is 0 Å². The van der Waals surface area contributed by atoms with Crippen molar-refractivity contribution in [2.75, 3.05) is 0 Å². The minimum atomic E-state index is 1.15. The lowest BCUT2D eigenvalue weighted by atomic mass is 9.98. The van der Waals surface area contributed by atoms with Gasteiger partial charge in [0, 0.05) is 38.3 Å². The summed E-state index contributed by atoms with van der Waals surface area (Å²) < 4.78 is 4.97. The lowest BCUT2D eigenvalue weighted by Gasteiger charge is -2.14. The Morgan fingerprint density at radius 1 is 0.292 bits per heavy atom. The standard InChI is InChI=1S/C46H30N2/c1-4-14-31(15-5-1)34-28-35(32-16-6-2-7-17-32)30-37(29-34)47-42-23-13-12-22-41(42)44-43(47)27-26-40-39-25-24-33-18-10-11-21-38(33)45(39)48(46(40)44)36-19-8-3-9-20-36/h1-30H. The number of benzene rings is 8. The molecule has 0 fully saturated rings. The highest BCUT2D eigenvalue weighted by molar-refractivity contribution is 6.28. The predicted molar refractivity (Wildman–Crippen MR) is 203 cm³/mol. The Kier molecular flexibility index (Phi) is 5.91. The quantitative estimate of drug-likeness (QED) is 0.188. The number of nitrogens with zero attached hydrogens (tertiary/aromatic N) is 2. The Morgan fingerprint density at radius 3 is 1.56 bits per heavy atom. The van der Waals surface area contributed by atoms with E-state index >= 15 is 0 Å². The number of hydrogen-bond donors (Lipinski definition) is 0. The van der Waals surface area contributed by atoms with E-state index in [0.717, 1.165) is 11.4 Å². The summed E-state index contributed by atoms with van der Waals surface area (Å²) in [7, 11) is 0. The van der Waals surface area contributed by atoms with Crippen LogP contribution in [-0.2, 0) is 0 Å². The maximum atomic E-state index is 2.50. The van der Waals surface area contributed by atoms with Crippen molar-refractivity contribution in [1.82, 2.24) is 9.13 Å². The van der Waals surface area contributed by atoms with E-state index < -0.39 is 0 Å². The Hall–Kier alpha value is -6.38. The molecule has 0 amide bonds.